The van der Waals surface area contributed by atoms with Crippen molar-refractivity contribution < 1.29 is 26.7 Å². The highest BCUT2D eigenvalue weighted by Crippen LogP contribution is 2.31. The fourth-order valence-corrected chi connectivity index (χ4v) is 6.94. The SMILES string of the molecule is Cc1ccc(S(=O)(=O)NCC(=O)NC[C@H]2CC[C@H](Nc3nc(N4CCOCC4)cc(-n4c(C(F)F)nc5ccccc54)n3)CC2)cc1. The average molecular weight is 669 g/mol. The smallest absolute Gasteiger partial charge is 0.296 e. The second-order valence-electron chi connectivity index (χ2n) is 11.9. The van der Waals surface area contributed by atoms with Crippen molar-refractivity contribution in [3.05, 3.63) is 66.0 Å². The highest BCUT2D eigenvalue weighted by Gasteiger charge is 2.26. The molecule has 2 aromatic carbocycles. The monoisotopic (exact) mass is 668 g/mol. The van der Waals surface area contributed by atoms with Crippen LogP contribution in [-0.2, 0) is 19.6 Å². The van der Waals surface area contributed by atoms with E-state index in [9.17, 15) is 22.0 Å². The lowest BCUT2D eigenvalue weighted by molar-refractivity contribution is -0.120. The molecule has 2 fully saturated rings. The molecule has 0 unspecified atom stereocenters. The molecule has 6 rings (SSSR count). The highest BCUT2D eigenvalue weighted by molar-refractivity contribution is 7.89. The molecule has 4 aromatic rings. The zero-order valence-electron chi connectivity index (χ0n) is 26.0. The lowest BCUT2D eigenvalue weighted by atomic mass is 9.86. The van der Waals surface area contributed by atoms with Crippen LogP contribution in [0.25, 0.3) is 16.9 Å². The van der Waals surface area contributed by atoms with E-state index >= 15 is 0 Å². The van der Waals surface area contributed by atoms with E-state index in [1.54, 1.807) is 42.5 Å². The molecule has 250 valence electrons. The Bertz CT molecular complexity index is 1810. The van der Waals surface area contributed by atoms with Crippen LogP contribution in [-0.4, -0.2) is 79.3 Å². The quantitative estimate of drug-likeness (QED) is 0.216. The van der Waals surface area contributed by atoms with Crippen molar-refractivity contribution in [1.29, 1.82) is 0 Å². The Hall–Kier alpha value is -4.21. The minimum atomic E-state index is -3.78. The number of nitrogens with one attached hydrogen (secondary N) is 3. The minimum absolute atomic E-state index is 0.0464. The number of imidazole rings is 1. The fraction of sp³-hybridized carbons (Fsp3) is 0.438. The normalized spacial score (nSPS) is 18.9. The Morgan fingerprint density at radius 1 is 0.979 bits per heavy atom. The van der Waals surface area contributed by atoms with Crippen LogP contribution in [0.5, 0.6) is 0 Å². The van der Waals surface area contributed by atoms with Crippen molar-refractivity contribution in [3.8, 4) is 5.82 Å². The van der Waals surface area contributed by atoms with E-state index in [0.29, 0.717) is 61.5 Å². The van der Waals surface area contributed by atoms with Gasteiger partial charge in [0.15, 0.2) is 5.82 Å². The number of carbonyl (C=O) groups is 1. The zero-order chi connectivity index (χ0) is 33.0. The Morgan fingerprint density at radius 3 is 2.40 bits per heavy atom. The van der Waals surface area contributed by atoms with Crippen molar-refractivity contribution in [3.63, 3.8) is 0 Å². The first-order chi connectivity index (χ1) is 22.7. The number of alkyl halides is 2. The third-order valence-electron chi connectivity index (χ3n) is 8.57. The predicted octanol–water partition coefficient (Wildman–Crippen LogP) is 3.96. The number of carbonyl (C=O) groups excluding carboxylic acids is 1. The Balaban J connectivity index is 1.09. The van der Waals surface area contributed by atoms with Crippen molar-refractivity contribution in [2.75, 3.05) is 49.6 Å². The molecule has 3 heterocycles. The molecule has 2 aromatic heterocycles. The maximum atomic E-state index is 14.2. The van der Waals surface area contributed by atoms with Gasteiger partial charge in [-0.25, -0.2) is 26.9 Å². The molecule has 0 spiro atoms. The molecule has 12 nitrogen and oxygen atoms in total. The first-order valence-electron chi connectivity index (χ1n) is 15.7. The van der Waals surface area contributed by atoms with Crippen LogP contribution in [0.2, 0.25) is 0 Å². The summed E-state index contributed by atoms with van der Waals surface area (Å²) in [6.45, 7) is 4.28. The number of hydrogen-bond donors (Lipinski definition) is 3. The molecular formula is C32H38F2N8O4S. The molecule has 0 radical (unpaired) electrons. The molecule has 1 saturated carbocycles. The summed E-state index contributed by atoms with van der Waals surface area (Å²) in [5.41, 5.74) is 1.93. The predicted molar refractivity (Wildman–Crippen MR) is 173 cm³/mol. The van der Waals surface area contributed by atoms with E-state index in [4.69, 9.17) is 14.7 Å². The van der Waals surface area contributed by atoms with Gasteiger partial charge in [-0.3, -0.25) is 9.36 Å². The summed E-state index contributed by atoms with van der Waals surface area (Å²) >= 11 is 0. The van der Waals surface area contributed by atoms with Gasteiger partial charge in [-0.2, -0.15) is 9.97 Å². The van der Waals surface area contributed by atoms with Gasteiger partial charge in [0.05, 0.1) is 35.7 Å². The van der Waals surface area contributed by atoms with E-state index in [1.807, 2.05) is 6.92 Å². The maximum absolute atomic E-state index is 14.2. The number of fused-ring (bicyclic) bond motifs is 1. The first kappa shape index (κ1) is 32.7. The topological polar surface area (TPSA) is 143 Å². The van der Waals surface area contributed by atoms with E-state index in [2.05, 4.69) is 25.2 Å². The molecule has 1 aliphatic heterocycles. The summed E-state index contributed by atoms with van der Waals surface area (Å²) in [5.74, 6) is 0.731. The third kappa shape index (κ3) is 7.85. The summed E-state index contributed by atoms with van der Waals surface area (Å²) in [6, 6.07) is 15.2. The van der Waals surface area contributed by atoms with Gasteiger partial charge < -0.3 is 20.3 Å². The molecule has 3 N–H and O–H groups in total. The standard InChI is InChI=1S/C32H38F2N8O4S/c1-21-6-12-24(13-7-21)47(44,45)36-20-29(43)35-19-22-8-10-23(11-9-22)37-32-39-27(41-14-16-46-17-15-41)18-28(40-32)42-26-5-3-2-4-25(26)38-31(42)30(33)34/h2-7,12-13,18,22-23,30,36H,8-11,14-17,19-20H2,1H3,(H,35,43)(H,37,39,40)/t22-,23-. The van der Waals surface area contributed by atoms with Gasteiger partial charge in [0, 0.05) is 31.7 Å². The van der Waals surface area contributed by atoms with Crippen LogP contribution < -0.4 is 20.3 Å². The molecule has 15 heteroatoms. The van der Waals surface area contributed by atoms with E-state index in [1.165, 1.54) is 16.7 Å². The minimum Gasteiger partial charge on any atom is -0.378 e. The summed E-state index contributed by atoms with van der Waals surface area (Å²) in [6.07, 6.45) is 0.425. The summed E-state index contributed by atoms with van der Waals surface area (Å²) in [5, 5.41) is 6.28. The number of hydrogen-bond acceptors (Lipinski definition) is 9. The molecule has 1 saturated heterocycles. The Labute approximate surface area is 272 Å². The van der Waals surface area contributed by atoms with E-state index in [-0.39, 0.29) is 29.2 Å². The van der Waals surface area contributed by atoms with Gasteiger partial charge in [-0.1, -0.05) is 29.8 Å². The van der Waals surface area contributed by atoms with Crippen LogP contribution in [0.15, 0.2) is 59.5 Å². The van der Waals surface area contributed by atoms with Gasteiger partial charge in [-0.15, -0.1) is 0 Å². The summed E-state index contributed by atoms with van der Waals surface area (Å²) in [4.78, 5) is 28.3. The van der Waals surface area contributed by atoms with Crippen LogP contribution in [0.3, 0.4) is 0 Å². The number of sulfonamides is 1. The van der Waals surface area contributed by atoms with Gasteiger partial charge in [0.25, 0.3) is 6.43 Å². The van der Waals surface area contributed by atoms with Crippen LogP contribution in [0.4, 0.5) is 20.5 Å². The number of nitrogens with zero attached hydrogens (tertiary/aromatic N) is 5. The van der Waals surface area contributed by atoms with Gasteiger partial charge in [0.2, 0.25) is 21.9 Å². The number of anilines is 2. The second kappa shape index (κ2) is 14.3. The molecular weight excluding hydrogens is 630 g/mol. The number of aromatic nitrogens is 4. The van der Waals surface area contributed by atoms with Gasteiger partial charge >= 0.3 is 0 Å². The molecule has 0 bridgehead atoms. The second-order valence-corrected chi connectivity index (χ2v) is 13.7. The van der Waals surface area contributed by atoms with Crippen LogP contribution >= 0.6 is 0 Å². The number of para-hydroxylation sites is 2. The number of aryl methyl sites for hydroxylation is 1. The summed E-state index contributed by atoms with van der Waals surface area (Å²) in [7, 11) is -3.78. The average Bonchev–Trinajstić information content (AvgIpc) is 3.48. The largest absolute Gasteiger partial charge is 0.378 e. The molecule has 1 aliphatic carbocycles. The van der Waals surface area contributed by atoms with Gasteiger partial charge in [0.1, 0.15) is 11.6 Å². The molecule has 1 amide bonds. The number of amides is 1. The zero-order valence-corrected chi connectivity index (χ0v) is 26.8. The number of benzene rings is 2. The number of morpholine rings is 1. The number of ether oxygens (including phenoxy) is 1. The maximum Gasteiger partial charge on any atom is 0.296 e. The first-order valence-corrected chi connectivity index (χ1v) is 17.2. The number of rotatable bonds is 11. The highest BCUT2D eigenvalue weighted by atomic mass is 32.2. The number of halogens is 2. The lowest BCUT2D eigenvalue weighted by Crippen LogP contribution is -2.40. The third-order valence-corrected chi connectivity index (χ3v) is 9.98. The fourth-order valence-electron chi connectivity index (χ4n) is 5.96. The van der Waals surface area contributed by atoms with Crippen molar-refractivity contribution in [1.82, 2.24) is 29.6 Å². The summed E-state index contributed by atoms with van der Waals surface area (Å²) < 4.78 is 62.6. The molecule has 47 heavy (non-hydrogen) atoms. The van der Waals surface area contributed by atoms with Crippen molar-refractivity contribution >= 4 is 38.7 Å². The Kier molecular flexibility index (Phi) is 9.94. The van der Waals surface area contributed by atoms with Gasteiger partial charge in [-0.05, 0) is 62.8 Å². The van der Waals surface area contributed by atoms with E-state index < -0.39 is 22.4 Å². The van der Waals surface area contributed by atoms with Crippen LogP contribution in [0.1, 0.15) is 43.5 Å². The van der Waals surface area contributed by atoms with Crippen LogP contribution in [0, 0.1) is 12.8 Å². The Morgan fingerprint density at radius 2 is 1.68 bits per heavy atom. The lowest BCUT2D eigenvalue weighted by Gasteiger charge is -2.31. The van der Waals surface area contributed by atoms with E-state index in [0.717, 1.165) is 31.2 Å². The molecule has 0 atom stereocenters. The molecule has 2 aliphatic rings. The van der Waals surface area contributed by atoms with Crippen molar-refractivity contribution in [2.45, 2.75) is 50.0 Å². The van der Waals surface area contributed by atoms with Crippen molar-refractivity contribution in [2.24, 2.45) is 5.92 Å².